The van der Waals surface area contributed by atoms with Gasteiger partial charge in [-0.1, -0.05) is 6.07 Å². The van der Waals surface area contributed by atoms with Crippen LogP contribution >= 0.6 is 0 Å². The van der Waals surface area contributed by atoms with Crippen molar-refractivity contribution in [2.45, 2.75) is 45.6 Å². The van der Waals surface area contributed by atoms with Crippen molar-refractivity contribution < 1.29 is 22.6 Å². The molecule has 0 bridgehead atoms. The van der Waals surface area contributed by atoms with E-state index in [1.54, 1.807) is 41.1 Å². The van der Waals surface area contributed by atoms with Crippen molar-refractivity contribution in [1.29, 1.82) is 0 Å². The minimum Gasteiger partial charge on any atom is -0.488 e. The number of aromatic nitrogens is 4. The van der Waals surface area contributed by atoms with Crippen LogP contribution in [0.3, 0.4) is 0 Å². The molecule has 39 heavy (non-hydrogen) atoms. The van der Waals surface area contributed by atoms with E-state index in [0.717, 1.165) is 17.8 Å². The second-order valence-corrected chi connectivity index (χ2v) is 10.3. The number of nitrogens with zero attached hydrogens (tertiary/aromatic N) is 4. The number of pyridine rings is 2. The van der Waals surface area contributed by atoms with Crippen molar-refractivity contribution in [3.8, 4) is 28.4 Å². The van der Waals surface area contributed by atoms with Gasteiger partial charge in [0.25, 0.3) is 5.56 Å². The average Bonchev–Trinajstić information content (AvgIpc) is 3.22. The predicted molar refractivity (Wildman–Crippen MR) is 144 cm³/mol. The summed E-state index contributed by atoms with van der Waals surface area (Å²) < 4.78 is 53.5. The quantitative estimate of drug-likeness (QED) is 0.258. The van der Waals surface area contributed by atoms with Gasteiger partial charge in [-0.3, -0.25) is 14.0 Å². The van der Waals surface area contributed by atoms with Crippen LogP contribution in [-0.4, -0.2) is 37.2 Å². The van der Waals surface area contributed by atoms with Crippen LogP contribution in [0.4, 0.5) is 13.2 Å². The second kappa shape index (κ2) is 9.44. The van der Waals surface area contributed by atoms with Crippen molar-refractivity contribution in [2.75, 3.05) is 0 Å². The highest BCUT2D eigenvalue weighted by Gasteiger charge is 2.38. The molecule has 0 aliphatic heterocycles. The Balaban J connectivity index is 1.70. The molecule has 7 nitrogen and oxygen atoms in total. The summed E-state index contributed by atoms with van der Waals surface area (Å²) in [6.45, 7) is 6.68. The first-order valence-corrected chi connectivity index (χ1v) is 12.3. The van der Waals surface area contributed by atoms with Crippen LogP contribution in [0, 0.1) is 0 Å². The van der Waals surface area contributed by atoms with Gasteiger partial charge >= 0.3 is 6.18 Å². The fourth-order valence-corrected chi connectivity index (χ4v) is 4.26. The molecule has 0 saturated heterocycles. The summed E-state index contributed by atoms with van der Waals surface area (Å²) in [6.07, 6.45) is -4.77. The van der Waals surface area contributed by atoms with Crippen LogP contribution in [0.15, 0.2) is 71.7 Å². The zero-order chi connectivity index (χ0) is 28.1. The Bertz CT molecular complexity index is 1730. The lowest BCUT2D eigenvalue weighted by Gasteiger charge is -2.21. The number of hydrogen-bond acceptors (Lipinski definition) is 5. The highest BCUT2D eigenvalue weighted by atomic mass is 19.4. The molecular formula is C29H27F3N4O3. The standard InChI is InChI=1S/C29H27F3N4O3/c1-17(29(30,31)32)38-25-13-7-19-15-23(18-6-12-24-20(14-18)16-35(5)34-24)27(37)36(26(19)33-25)21-8-10-22(11-9-21)39-28(2,3)4/h6-17H,1-5H3/t17-/m0/s1. The van der Waals surface area contributed by atoms with Gasteiger partial charge in [-0.15, -0.1) is 0 Å². The molecule has 5 rings (SSSR count). The number of alkyl halides is 3. The van der Waals surface area contributed by atoms with Crippen molar-refractivity contribution in [1.82, 2.24) is 19.3 Å². The van der Waals surface area contributed by atoms with E-state index < -0.39 is 17.9 Å². The number of ether oxygens (including phenoxy) is 2. The van der Waals surface area contributed by atoms with Crippen molar-refractivity contribution in [3.05, 3.63) is 77.2 Å². The summed E-state index contributed by atoms with van der Waals surface area (Å²) in [5, 5.41) is 5.81. The highest BCUT2D eigenvalue weighted by molar-refractivity contribution is 5.88. The van der Waals surface area contributed by atoms with E-state index in [0.29, 0.717) is 28.0 Å². The van der Waals surface area contributed by atoms with E-state index in [2.05, 4.69) is 10.1 Å². The second-order valence-electron chi connectivity index (χ2n) is 10.3. The Morgan fingerprint density at radius 1 is 0.923 bits per heavy atom. The summed E-state index contributed by atoms with van der Waals surface area (Å²) in [4.78, 5) is 18.3. The molecule has 1 atom stereocenters. The molecule has 0 amide bonds. The maximum absolute atomic E-state index is 14.0. The summed E-state index contributed by atoms with van der Waals surface area (Å²) in [7, 11) is 1.82. The Morgan fingerprint density at radius 3 is 2.31 bits per heavy atom. The fourth-order valence-electron chi connectivity index (χ4n) is 4.26. The first-order valence-electron chi connectivity index (χ1n) is 12.3. The lowest BCUT2D eigenvalue weighted by Crippen LogP contribution is -2.31. The summed E-state index contributed by atoms with van der Waals surface area (Å²) >= 11 is 0. The number of hydrogen-bond donors (Lipinski definition) is 0. The van der Waals surface area contributed by atoms with Gasteiger partial charge in [0, 0.05) is 35.6 Å². The van der Waals surface area contributed by atoms with E-state index in [4.69, 9.17) is 9.47 Å². The molecule has 0 saturated carbocycles. The van der Waals surface area contributed by atoms with Gasteiger partial charge in [-0.05, 0) is 81.8 Å². The molecule has 202 valence electrons. The Hall–Kier alpha value is -4.34. The number of aryl methyl sites for hydroxylation is 1. The van der Waals surface area contributed by atoms with Crippen LogP contribution in [0.2, 0.25) is 0 Å². The Morgan fingerprint density at radius 2 is 1.64 bits per heavy atom. The molecule has 2 aromatic carbocycles. The molecule has 3 heterocycles. The third kappa shape index (κ3) is 5.45. The molecule has 0 aliphatic carbocycles. The molecule has 3 aromatic heterocycles. The highest BCUT2D eigenvalue weighted by Crippen LogP contribution is 2.29. The summed E-state index contributed by atoms with van der Waals surface area (Å²) in [6, 6.07) is 17.1. The van der Waals surface area contributed by atoms with E-state index in [1.165, 1.54) is 10.6 Å². The maximum atomic E-state index is 14.0. The van der Waals surface area contributed by atoms with Crippen LogP contribution < -0.4 is 15.0 Å². The predicted octanol–water partition coefficient (Wildman–Crippen LogP) is 6.45. The zero-order valence-electron chi connectivity index (χ0n) is 22.1. The maximum Gasteiger partial charge on any atom is 0.425 e. The fraction of sp³-hybridized carbons (Fsp3) is 0.276. The van der Waals surface area contributed by atoms with Crippen LogP contribution in [-0.2, 0) is 7.05 Å². The van der Waals surface area contributed by atoms with Crippen molar-refractivity contribution in [3.63, 3.8) is 0 Å². The smallest absolute Gasteiger partial charge is 0.425 e. The Kier molecular flexibility index (Phi) is 6.36. The largest absolute Gasteiger partial charge is 0.488 e. The molecule has 0 N–H and O–H groups in total. The van der Waals surface area contributed by atoms with Gasteiger partial charge in [0.2, 0.25) is 5.88 Å². The molecular weight excluding hydrogens is 509 g/mol. The number of fused-ring (bicyclic) bond motifs is 2. The summed E-state index contributed by atoms with van der Waals surface area (Å²) in [5.74, 6) is 0.371. The van der Waals surface area contributed by atoms with Crippen molar-refractivity contribution >= 4 is 21.9 Å². The molecule has 0 fully saturated rings. The van der Waals surface area contributed by atoms with E-state index in [9.17, 15) is 18.0 Å². The number of halogens is 3. The lowest BCUT2D eigenvalue weighted by molar-refractivity contribution is -0.189. The third-order valence-corrected chi connectivity index (χ3v) is 6.03. The normalized spacial score (nSPS) is 13.1. The van der Waals surface area contributed by atoms with Gasteiger partial charge in [-0.25, -0.2) is 0 Å². The summed E-state index contributed by atoms with van der Waals surface area (Å²) in [5.41, 5.74) is 1.71. The molecule has 0 spiro atoms. The van der Waals surface area contributed by atoms with Crippen LogP contribution in [0.25, 0.3) is 38.8 Å². The molecule has 10 heteroatoms. The zero-order valence-corrected chi connectivity index (χ0v) is 22.1. The van der Waals surface area contributed by atoms with Gasteiger partial charge < -0.3 is 9.47 Å². The average molecular weight is 537 g/mol. The SMILES string of the molecule is C[C@H](Oc1ccc2cc(-c3ccc4nn(C)cc4c3)c(=O)n(-c3ccc(OC(C)(C)C)cc3)c2n1)C(F)(F)F. The number of benzene rings is 2. The topological polar surface area (TPSA) is 71.2 Å². The first-order chi connectivity index (χ1) is 18.3. The van der Waals surface area contributed by atoms with Crippen molar-refractivity contribution in [2.24, 2.45) is 7.05 Å². The van der Waals surface area contributed by atoms with Gasteiger partial charge in [0.15, 0.2) is 11.8 Å². The molecule has 0 radical (unpaired) electrons. The van der Waals surface area contributed by atoms with Crippen LogP contribution in [0.1, 0.15) is 27.7 Å². The molecule has 0 unspecified atom stereocenters. The lowest BCUT2D eigenvalue weighted by atomic mass is 10.0. The monoisotopic (exact) mass is 536 g/mol. The Labute approximate surface area is 222 Å². The van der Waals surface area contributed by atoms with E-state index >= 15 is 0 Å². The minimum atomic E-state index is -4.56. The minimum absolute atomic E-state index is 0.169. The number of rotatable bonds is 5. The third-order valence-electron chi connectivity index (χ3n) is 6.03. The molecule has 5 aromatic rings. The first kappa shape index (κ1) is 26.3. The van der Waals surface area contributed by atoms with E-state index in [1.807, 2.05) is 52.2 Å². The van der Waals surface area contributed by atoms with E-state index in [-0.39, 0.29) is 17.1 Å². The van der Waals surface area contributed by atoms with Gasteiger partial charge in [-0.2, -0.15) is 23.3 Å². The van der Waals surface area contributed by atoms with Gasteiger partial charge in [0.1, 0.15) is 11.4 Å². The molecule has 0 aliphatic rings. The van der Waals surface area contributed by atoms with Gasteiger partial charge in [0.05, 0.1) is 11.2 Å². The van der Waals surface area contributed by atoms with Crippen LogP contribution in [0.5, 0.6) is 11.6 Å².